The van der Waals surface area contributed by atoms with Gasteiger partial charge in [0, 0.05) is 11.5 Å². The van der Waals surface area contributed by atoms with E-state index in [4.69, 9.17) is 18.6 Å². The van der Waals surface area contributed by atoms with Gasteiger partial charge >= 0.3 is 5.63 Å². The number of aliphatic hydroxyl groups excluding tert-OH is 4. The fourth-order valence-electron chi connectivity index (χ4n) is 9.79. The van der Waals surface area contributed by atoms with E-state index >= 15 is 0 Å². The van der Waals surface area contributed by atoms with Crippen LogP contribution in [-0.2, 0) is 14.2 Å². The highest BCUT2D eigenvalue weighted by Gasteiger charge is 2.77. The molecule has 7 rings (SSSR count). The van der Waals surface area contributed by atoms with E-state index in [1.54, 1.807) is 6.07 Å². The topological polar surface area (TPSA) is 183 Å². The molecule has 0 aromatic carbocycles. The molecule has 14 atom stereocenters. The Balaban J connectivity index is 1.21. The van der Waals surface area contributed by atoms with Gasteiger partial charge in [-0.3, -0.25) is 0 Å². The molecule has 0 radical (unpaired) electrons. The van der Waals surface area contributed by atoms with E-state index in [1.807, 2.05) is 0 Å². The summed E-state index contributed by atoms with van der Waals surface area (Å²) in [5.41, 5.74) is -3.66. The Labute approximate surface area is 231 Å². The summed E-state index contributed by atoms with van der Waals surface area (Å²) in [5, 5.41) is 66.3. The van der Waals surface area contributed by atoms with E-state index < -0.39 is 71.3 Å². The number of rotatable bonds is 4. The summed E-state index contributed by atoms with van der Waals surface area (Å²) in [6.45, 7) is 1.54. The van der Waals surface area contributed by atoms with Gasteiger partial charge in [-0.15, -0.1) is 0 Å². The monoisotopic (exact) mass is 564 g/mol. The third kappa shape index (κ3) is 3.47. The van der Waals surface area contributed by atoms with Crippen LogP contribution < -0.4 is 5.63 Å². The summed E-state index contributed by atoms with van der Waals surface area (Å²) >= 11 is 0. The molecule has 40 heavy (non-hydrogen) atoms. The minimum atomic E-state index is -1.59. The molecule has 4 saturated carbocycles. The molecule has 2 saturated heterocycles. The van der Waals surface area contributed by atoms with Crippen LogP contribution >= 0.6 is 0 Å². The zero-order valence-corrected chi connectivity index (χ0v) is 22.6. The molecule has 2 aliphatic heterocycles. The van der Waals surface area contributed by atoms with Gasteiger partial charge in [0.25, 0.3) is 0 Å². The quantitative estimate of drug-likeness (QED) is 0.213. The molecule has 1 aromatic heterocycles. The van der Waals surface area contributed by atoms with Gasteiger partial charge in [-0.1, -0.05) is 6.92 Å². The average molecular weight is 565 g/mol. The maximum Gasteiger partial charge on any atom is 0.335 e. The summed E-state index contributed by atoms with van der Waals surface area (Å²) in [5.74, 6) is -0.502. The molecular formula is C29H40O11. The predicted octanol–water partition coefficient (Wildman–Crippen LogP) is -0.0778. The molecular weight excluding hydrogens is 524 g/mol. The second kappa shape index (κ2) is 9.05. The number of fused-ring (bicyclic) bond motifs is 7. The fraction of sp³-hybridized carbons (Fsp3) is 0.828. The van der Waals surface area contributed by atoms with Crippen molar-refractivity contribution in [3.63, 3.8) is 0 Å². The molecule has 6 aliphatic rings. The maximum absolute atomic E-state index is 12.7. The van der Waals surface area contributed by atoms with Gasteiger partial charge in [0.15, 0.2) is 6.29 Å². The largest absolute Gasteiger partial charge is 0.431 e. The third-order valence-electron chi connectivity index (χ3n) is 12.0. The molecule has 6 N–H and O–H groups in total. The van der Waals surface area contributed by atoms with Gasteiger partial charge in [-0.25, -0.2) is 4.79 Å². The molecule has 0 amide bonds. The lowest BCUT2D eigenvalue weighted by Gasteiger charge is -2.65. The van der Waals surface area contributed by atoms with Gasteiger partial charge in [-0.2, -0.15) is 0 Å². The SMILES string of the molecule is CC12CCC3C(CCC4(O[C@@H]5O[C@H](CO)[C@@H](O)[C@H](O)[C@H]5O)C5OC5CCC34O)C1(O)CCC2c1ccc(=O)oc1. The van der Waals surface area contributed by atoms with E-state index in [0.717, 1.165) is 12.0 Å². The van der Waals surface area contributed by atoms with E-state index in [1.165, 1.54) is 12.3 Å². The van der Waals surface area contributed by atoms with Crippen LogP contribution in [0.15, 0.2) is 27.6 Å². The molecule has 11 nitrogen and oxygen atoms in total. The van der Waals surface area contributed by atoms with Crippen LogP contribution in [0.5, 0.6) is 0 Å². The van der Waals surface area contributed by atoms with Crippen molar-refractivity contribution in [1.82, 2.24) is 0 Å². The summed E-state index contributed by atoms with van der Waals surface area (Å²) in [6, 6.07) is 3.21. The van der Waals surface area contributed by atoms with E-state index in [9.17, 15) is 35.4 Å². The summed E-state index contributed by atoms with van der Waals surface area (Å²) < 4.78 is 23.4. The molecule has 11 heteroatoms. The zero-order valence-electron chi connectivity index (χ0n) is 22.6. The number of hydrogen-bond donors (Lipinski definition) is 6. The van der Waals surface area contributed by atoms with Gasteiger partial charge in [0.1, 0.15) is 36.1 Å². The number of aliphatic hydroxyl groups is 6. The van der Waals surface area contributed by atoms with E-state index in [-0.39, 0.29) is 23.9 Å². The van der Waals surface area contributed by atoms with Crippen molar-refractivity contribution >= 4 is 0 Å². The van der Waals surface area contributed by atoms with Crippen molar-refractivity contribution in [2.75, 3.05) is 6.61 Å². The Hall–Kier alpha value is -1.41. The lowest BCUT2D eigenvalue weighted by molar-refractivity contribution is -0.372. The average Bonchev–Trinajstić information content (AvgIpc) is 3.68. The maximum atomic E-state index is 12.7. The van der Waals surface area contributed by atoms with Crippen LogP contribution in [0.2, 0.25) is 0 Å². The summed E-state index contributed by atoms with van der Waals surface area (Å²) in [6.07, 6.45) is -1.67. The lowest BCUT2D eigenvalue weighted by Crippen LogP contribution is -2.75. The predicted molar refractivity (Wildman–Crippen MR) is 136 cm³/mol. The minimum absolute atomic E-state index is 0.0111. The molecule has 222 valence electrons. The second-order valence-electron chi connectivity index (χ2n) is 13.4. The molecule has 3 heterocycles. The van der Waals surface area contributed by atoms with Crippen molar-refractivity contribution in [3.05, 3.63) is 34.4 Å². The Morgan fingerprint density at radius 3 is 2.35 bits per heavy atom. The first-order chi connectivity index (χ1) is 19.0. The van der Waals surface area contributed by atoms with Crippen LogP contribution in [0.25, 0.3) is 0 Å². The Kier molecular flexibility index (Phi) is 6.20. The smallest absolute Gasteiger partial charge is 0.335 e. The Morgan fingerprint density at radius 1 is 0.900 bits per heavy atom. The normalized spacial score (nSPS) is 55.1. The van der Waals surface area contributed by atoms with E-state index in [2.05, 4.69) is 6.92 Å². The first-order valence-corrected chi connectivity index (χ1v) is 14.7. The van der Waals surface area contributed by atoms with Crippen molar-refractivity contribution in [2.45, 2.75) is 124 Å². The van der Waals surface area contributed by atoms with Crippen molar-refractivity contribution < 1.29 is 49.3 Å². The number of ether oxygens (including phenoxy) is 3. The summed E-state index contributed by atoms with van der Waals surface area (Å²) in [4.78, 5) is 11.6. The summed E-state index contributed by atoms with van der Waals surface area (Å²) in [7, 11) is 0. The molecule has 4 aliphatic carbocycles. The highest BCUT2D eigenvalue weighted by Crippen LogP contribution is 2.71. The van der Waals surface area contributed by atoms with Crippen LogP contribution in [0.1, 0.15) is 69.8 Å². The van der Waals surface area contributed by atoms with Crippen molar-refractivity contribution in [2.24, 2.45) is 17.3 Å². The van der Waals surface area contributed by atoms with Gasteiger partial charge < -0.3 is 49.3 Å². The third-order valence-corrected chi connectivity index (χ3v) is 12.0. The van der Waals surface area contributed by atoms with E-state index in [0.29, 0.717) is 44.9 Å². The van der Waals surface area contributed by atoms with Gasteiger partial charge in [-0.05, 0) is 80.8 Å². The van der Waals surface area contributed by atoms with Crippen LogP contribution in [0, 0.1) is 17.3 Å². The highest BCUT2D eigenvalue weighted by molar-refractivity contribution is 5.30. The van der Waals surface area contributed by atoms with Crippen LogP contribution in [0.4, 0.5) is 0 Å². The highest BCUT2D eigenvalue weighted by atomic mass is 16.7. The molecule has 1 aromatic rings. The first-order valence-electron chi connectivity index (χ1n) is 14.7. The van der Waals surface area contributed by atoms with Crippen molar-refractivity contribution in [3.8, 4) is 0 Å². The number of hydrogen-bond acceptors (Lipinski definition) is 11. The lowest BCUT2D eigenvalue weighted by atomic mass is 9.45. The number of epoxide rings is 1. The molecule has 0 spiro atoms. The molecule has 9 unspecified atom stereocenters. The zero-order chi connectivity index (χ0) is 28.2. The Morgan fingerprint density at radius 2 is 1.62 bits per heavy atom. The van der Waals surface area contributed by atoms with Gasteiger partial charge in [0.05, 0.1) is 30.2 Å². The van der Waals surface area contributed by atoms with Gasteiger partial charge in [0.2, 0.25) is 0 Å². The first kappa shape index (κ1) is 27.4. The standard InChI is InChI=1S/C29H40O11/c1-26-8-4-17-16(27(26,35)9-5-15(26)14-2-3-20(31)37-13-14)6-11-29(24-18(38-24)7-10-28(17,29)36)40-25-23(34)22(33)21(32)19(12-30)39-25/h2-3,13,15-19,21-25,30,32-36H,4-12H2,1H3/t15?,16?,17?,18?,19-,21-,22+,23-,24?,25+,26?,27?,28?,29?/m1/s1. The van der Waals surface area contributed by atoms with Crippen LogP contribution in [0.3, 0.4) is 0 Å². The molecule has 0 bridgehead atoms. The minimum Gasteiger partial charge on any atom is -0.431 e. The fourth-order valence-corrected chi connectivity index (χ4v) is 9.79. The van der Waals surface area contributed by atoms with Crippen LogP contribution in [-0.4, -0.2) is 97.0 Å². The second-order valence-corrected chi connectivity index (χ2v) is 13.4. The van der Waals surface area contributed by atoms with Crippen molar-refractivity contribution in [1.29, 1.82) is 0 Å². The molecule has 6 fully saturated rings. The Bertz CT molecular complexity index is 1180.